The number of ketones is 1. The van der Waals surface area contributed by atoms with Crippen molar-refractivity contribution in [2.45, 2.75) is 221 Å². The Kier molecular flexibility index (Phi) is 23.2. The lowest BCUT2D eigenvalue weighted by Crippen LogP contribution is -2.54. The number of ether oxygens (including phenoxy) is 2. The van der Waals surface area contributed by atoms with E-state index in [1.165, 1.54) is 71.3 Å². The van der Waals surface area contributed by atoms with Crippen LogP contribution in [0.25, 0.3) is 0 Å². The molecule has 1 fully saturated rings. The molecule has 1 saturated heterocycles. The maximum Gasteiger partial charge on any atom is 0.305 e. The van der Waals surface area contributed by atoms with Crippen molar-refractivity contribution in [2.75, 3.05) is 7.11 Å². The van der Waals surface area contributed by atoms with Crippen LogP contribution >= 0.6 is 0 Å². The monoisotopic (exact) mass is 755 g/mol. The molecule has 0 bridgehead atoms. The van der Waals surface area contributed by atoms with E-state index in [0.717, 1.165) is 99.2 Å². The molecule has 0 aromatic carbocycles. The highest BCUT2D eigenvalue weighted by atomic mass is 17.2. The summed E-state index contributed by atoms with van der Waals surface area (Å²) in [5.74, 6) is 1.06. The Morgan fingerprint density at radius 1 is 0.796 bits per heavy atom. The number of allylic oxidation sites excluding steroid dienone is 5. The van der Waals surface area contributed by atoms with Crippen LogP contribution in [0.2, 0.25) is 0 Å². The van der Waals surface area contributed by atoms with Gasteiger partial charge in [0, 0.05) is 23.1 Å². The Morgan fingerprint density at radius 2 is 1.44 bits per heavy atom. The van der Waals surface area contributed by atoms with Gasteiger partial charge in [0.15, 0.2) is 5.78 Å². The number of carbonyl (C=O) groups excluding carboxylic acids is 2. The van der Waals surface area contributed by atoms with Gasteiger partial charge >= 0.3 is 5.97 Å². The normalized spacial score (nSPS) is 22.5. The summed E-state index contributed by atoms with van der Waals surface area (Å²) >= 11 is 0. The molecule has 0 amide bonds. The van der Waals surface area contributed by atoms with E-state index in [9.17, 15) is 9.59 Å². The van der Waals surface area contributed by atoms with E-state index in [-0.39, 0.29) is 17.9 Å². The van der Waals surface area contributed by atoms with E-state index < -0.39 is 11.4 Å². The fraction of sp³-hybridized carbons (Fsp3) is 0.792. The molecule has 0 radical (unpaired) electrons. The summed E-state index contributed by atoms with van der Waals surface area (Å²) in [6.07, 6.45) is 32.1. The molecule has 1 heterocycles. The minimum atomic E-state index is -1.21. The molecule has 2 rings (SSSR count). The summed E-state index contributed by atoms with van der Waals surface area (Å²) < 4.78 is 11.9. The van der Waals surface area contributed by atoms with Crippen LogP contribution < -0.4 is 0 Å². The average molecular weight is 755 g/mol. The summed E-state index contributed by atoms with van der Waals surface area (Å²) in [6.45, 7) is 19.7. The molecule has 0 N–H and O–H groups in total. The average Bonchev–Trinajstić information content (AvgIpc) is 3.13. The molecule has 6 heteroatoms. The van der Waals surface area contributed by atoms with Crippen molar-refractivity contribution >= 4 is 11.8 Å². The summed E-state index contributed by atoms with van der Waals surface area (Å²) in [5, 5.41) is 0. The van der Waals surface area contributed by atoms with Gasteiger partial charge < -0.3 is 9.47 Å². The van der Waals surface area contributed by atoms with Gasteiger partial charge in [-0.15, -0.1) is 0 Å². The second kappa shape index (κ2) is 26.0. The number of Topliss-reactive ketones (excluding diaryl/α,β-unsaturated/α-hetero) is 1. The molecule has 2 aliphatic rings. The number of hydrogen-bond acceptors (Lipinski definition) is 6. The Morgan fingerprint density at radius 3 is 2.11 bits per heavy atom. The highest BCUT2D eigenvalue weighted by Crippen LogP contribution is 2.51. The molecule has 310 valence electrons. The Balaban J connectivity index is 2.10. The highest BCUT2D eigenvalue weighted by Gasteiger charge is 2.54. The minimum Gasteiger partial charge on any atom is -0.469 e. The van der Waals surface area contributed by atoms with Crippen molar-refractivity contribution in [1.29, 1.82) is 0 Å². The summed E-state index contributed by atoms with van der Waals surface area (Å²) in [5.41, 5.74) is 2.73. The zero-order chi connectivity index (χ0) is 40.0. The van der Waals surface area contributed by atoms with E-state index in [1.54, 1.807) is 0 Å². The van der Waals surface area contributed by atoms with Crippen molar-refractivity contribution in [2.24, 2.45) is 17.8 Å². The van der Waals surface area contributed by atoms with Gasteiger partial charge in [-0.1, -0.05) is 149 Å². The van der Waals surface area contributed by atoms with Crippen LogP contribution in [0.1, 0.15) is 204 Å². The topological polar surface area (TPSA) is 71.1 Å². The third kappa shape index (κ3) is 17.0. The SMILES string of the molecule is CCCCC/C=C\C=C\[C@@H](CCCCCCCC(=O)OC)OO[C@@]12O[C@](C)(CCC[C@H](C)CCC[C@H](C)CCCC(C)C)CCC1=C(C)C(=O)C(C)=C2C. The Bertz CT molecular complexity index is 1230. The third-order valence-electron chi connectivity index (χ3n) is 12.1. The molecule has 54 heavy (non-hydrogen) atoms. The number of carbonyl (C=O) groups is 2. The molecule has 6 nitrogen and oxygen atoms in total. The van der Waals surface area contributed by atoms with Crippen molar-refractivity contribution in [3.8, 4) is 0 Å². The number of esters is 1. The number of methoxy groups -OCH3 is 1. The lowest BCUT2D eigenvalue weighted by atomic mass is 9.75. The van der Waals surface area contributed by atoms with Gasteiger partial charge in [0.05, 0.1) is 12.7 Å². The molecule has 1 aliphatic carbocycles. The largest absolute Gasteiger partial charge is 0.469 e. The van der Waals surface area contributed by atoms with E-state index in [2.05, 4.69) is 65.8 Å². The minimum absolute atomic E-state index is 0.0776. The highest BCUT2D eigenvalue weighted by molar-refractivity contribution is 6.10. The first kappa shape index (κ1) is 48.1. The number of rotatable bonds is 29. The molecular formula is C48H82O6. The summed E-state index contributed by atoms with van der Waals surface area (Å²) in [7, 11) is 1.45. The van der Waals surface area contributed by atoms with Gasteiger partial charge in [0.1, 0.15) is 6.10 Å². The van der Waals surface area contributed by atoms with Crippen molar-refractivity contribution < 1.29 is 28.8 Å². The quantitative estimate of drug-likeness (QED) is 0.0249. The molecule has 0 unspecified atom stereocenters. The van der Waals surface area contributed by atoms with Gasteiger partial charge in [-0.3, -0.25) is 9.59 Å². The fourth-order valence-corrected chi connectivity index (χ4v) is 8.12. The molecular weight excluding hydrogens is 673 g/mol. The number of unbranched alkanes of at least 4 members (excludes halogenated alkanes) is 7. The zero-order valence-electron chi connectivity index (χ0n) is 36.6. The predicted molar refractivity (Wildman–Crippen MR) is 225 cm³/mol. The van der Waals surface area contributed by atoms with E-state index in [4.69, 9.17) is 19.2 Å². The Hall–Kier alpha value is -2.02. The van der Waals surface area contributed by atoms with Crippen LogP contribution in [0.3, 0.4) is 0 Å². The second-order valence-electron chi connectivity index (χ2n) is 17.6. The molecule has 0 spiro atoms. The lowest BCUT2D eigenvalue weighted by molar-refractivity contribution is -0.436. The molecule has 1 aliphatic heterocycles. The molecule has 0 aromatic heterocycles. The van der Waals surface area contributed by atoms with Gasteiger partial charge in [-0.25, -0.2) is 4.89 Å². The Labute approximate surface area is 332 Å². The van der Waals surface area contributed by atoms with Gasteiger partial charge in [0.25, 0.3) is 0 Å². The molecule has 0 aromatic rings. The molecule has 5 atom stereocenters. The van der Waals surface area contributed by atoms with Gasteiger partial charge in [-0.2, -0.15) is 4.89 Å². The molecule has 0 saturated carbocycles. The third-order valence-corrected chi connectivity index (χ3v) is 12.1. The van der Waals surface area contributed by atoms with Crippen LogP contribution in [-0.2, 0) is 28.8 Å². The number of fused-ring (bicyclic) bond motifs is 1. The van der Waals surface area contributed by atoms with E-state index in [1.807, 2.05) is 20.8 Å². The first-order valence-electron chi connectivity index (χ1n) is 22.2. The summed E-state index contributed by atoms with van der Waals surface area (Å²) in [4.78, 5) is 37.8. The van der Waals surface area contributed by atoms with Crippen molar-refractivity contribution in [1.82, 2.24) is 0 Å². The van der Waals surface area contributed by atoms with Crippen LogP contribution in [0.4, 0.5) is 0 Å². The first-order chi connectivity index (χ1) is 25.8. The van der Waals surface area contributed by atoms with Gasteiger partial charge in [0.2, 0.25) is 5.79 Å². The van der Waals surface area contributed by atoms with Crippen molar-refractivity contribution in [3.05, 3.63) is 46.6 Å². The lowest BCUT2D eigenvalue weighted by Gasteiger charge is -2.50. The maximum atomic E-state index is 13.3. The van der Waals surface area contributed by atoms with E-state index >= 15 is 0 Å². The van der Waals surface area contributed by atoms with Crippen molar-refractivity contribution in [3.63, 3.8) is 0 Å². The van der Waals surface area contributed by atoms with Crippen LogP contribution in [0, 0.1) is 17.8 Å². The second-order valence-corrected chi connectivity index (χ2v) is 17.6. The first-order valence-corrected chi connectivity index (χ1v) is 22.2. The van der Waals surface area contributed by atoms with Crippen LogP contribution in [0.5, 0.6) is 0 Å². The number of hydrogen-bond donors (Lipinski definition) is 0. The van der Waals surface area contributed by atoms with Gasteiger partial charge in [-0.05, 0) is 96.0 Å². The zero-order valence-corrected chi connectivity index (χ0v) is 36.6. The van der Waals surface area contributed by atoms with Crippen LogP contribution in [0.15, 0.2) is 46.6 Å². The smallest absolute Gasteiger partial charge is 0.305 e. The predicted octanol–water partition coefficient (Wildman–Crippen LogP) is 13.8. The fourth-order valence-electron chi connectivity index (χ4n) is 8.12. The standard InChI is InChI=1S/C48H82O6/c1-11-12-13-14-15-17-20-31-43(32-21-18-16-19-22-33-45(49)51-10)52-54-48-42(8)40(6)46(50)41(7)44(48)34-36-47(9,53-48)35-25-30-39(5)29-24-28-38(4)27-23-26-37(2)3/h15,17,20,31,37-39,43H,11-14,16,18-19,21-30,32-36H2,1-10H3/b17-15-,31-20+/t38-,39-,43+,47-,48-/m1/s1. The van der Waals surface area contributed by atoms with Crippen LogP contribution in [-0.4, -0.2) is 36.4 Å². The van der Waals surface area contributed by atoms with E-state index in [0.29, 0.717) is 17.9 Å². The maximum absolute atomic E-state index is 13.3. The summed E-state index contributed by atoms with van der Waals surface area (Å²) in [6, 6.07) is 0.